The number of carbonyl (C=O) groups excluding carboxylic acids is 1. The maximum Gasteiger partial charge on any atom is 0.410 e. The predicted molar refractivity (Wildman–Crippen MR) is 218 cm³/mol. The summed E-state index contributed by atoms with van der Waals surface area (Å²) in [4.78, 5) is 22.5. The van der Waals surface area contributed by atoms with Crippen LogP contribution in [0.15, 0.2) is 82.9 Å². The van der Waals surface area contributed by atoms with E-state index in [0.29, 0.717) is 38.2 Å². The zero-order valence-corrected chi connectivity index (χ0v) is 34.2. The van der Waals surface area contributed by atoms with E-state index in [2.05, 4.69) is 30.9 Å². The first-order valence-electron chi connectivity index (χ1n) is 20.0. The van der Waals surface area contributed by atoms with Crippen molar-refractivity contribution < 1.29 is 38.8 Å². The van der Waals surface area contributed by atoms with Gasteiger partial charge in [0.05, 0.1) is 31.5 Å². The van der Waals surface area contributed by atoms with Crippen LogP contribution in [0.25, 0.3) is 0 Å². The van der Waals surface area contributed by atoms with Gasteiger partial charge < -0.3 is 38.9 Å². The Morgan fingerprint density at radius 3 is 2.53 bits per heavy atom. The molecule has 0 spiro atoms. The van der Waals surface area contributed by atoms with Crippen LogP contribution in [0.3, 0.4) is 0 Å². The molecule has 6 atom stereocenters. The van der Waals surface area contributed by atoms with Gasteiger partial charge in [-0.15, -0.1) is 18.3 Å². The third-order valence-electron chi connectivity index (χ3n) is 10.7. The molecule has 5 rings (SSSR count). The molecule has 2 aliphatic carbocycles. The van der Waals surface area contributed by atoms with Crippen LogP contribution in [0, 0.1) is 23.2 Å². The molecule has 0 bridgehead atoms. The van der Waals surface area contributed by atoms with Gasteiger partial charge in [0.15, 0.2) is 0 Å². The summed E-state index contributed by atoms with van der Waals surface area (Å²) in [5.41, 5.74) is 2.56. The third-order valence-corrected chi connectivity index (χ3v) is 11.7. The topological polar surface area (TPSA) is 119 Å². The molecule has 6 unspecified atom stereocenters. The summed E-state index contributed by atoms with van der Waals surface area (Å²) in [6, 6.07) is 15.7. The number of aliphatic hydroxyl groups excluding tert-OH is 2. The SMILES string of the molecule is C=CCOC12Oc3ccc(OCCSc4ccccc4)cc3C3C(CCCCO)C(CCCCO)C=C(C(=NOCC)CC1N(C)C(=O)OCC(C)(C)C)C32. The van der Waals surface area contributed by atoms with E-state index in [1.54, 1.807) is 29.8 Å². The van der Waals surface area contributed by atoms with Crippen LogP contribution in [0.1, 0.15) is 84.1 Å². The van der Waals surface area contributed by atoms with Gasteiger partial charge in [0.25, 0.3) is 0 Å². The van der Waals surface area contributed by atoms with E-state index in [0.717, 1.165) is 54.0 Å². The van der Waals surface area contributed by atoms with Crippen LogP contribution in [-0.2, 0) is 14.3 Å². The van der Waals surface area contributed by atoms with E-state index in [9.17, 15) is 15.0 Å². The monoisotopic (exact) mass is 778 g/mol. The highest BCUT2D eigenvalue weighted by atomic mass is 32.2. The molecular weight excluding hydrogens is 717 g/mol. The lowest BCUT2D eigenvalue weighted by Gasteiger charge is -2.59. The zero-order chi connectivity index (χ0) is 39.4. The zero-order valence-electron chi connectivity index (χ0n) is 33.4. The molecule has 0 aromatic heterocycles. The van der Waals surface area contributed by atoms with Crippen molar-refractivity contribution in [1.82, 2.24) is 4.90 Å². The van der Waals surface area contributed by atoms with Crippen molar-refractivity contribution in [2.75, 3.05) is 52.4 Å². The maximum absolute atomic E-state index is 13.9. The fraction of sp³-hybridized carbons (Fsp3) is 0.591. The van der Waals surface area contributed by atoms with Crippen molar-refractivity contribution in [3.63, 3.8) is 0 Å². The standard InChI is InChI=1S/C44H62N2O8S/c1-7-24-52-44-39(46(6)42(49)51-30-43(3,4)5)29-37(45-53-8-2)35-27-31(16-12-14-22-47)34(19-13-15-23-48)40(41(35)44)36-28-32(20-21-38(36)54-44)50-25-26-55-33-17-10-9-11-18-33/h7,9-11,17-18,20-21,27-28,31,34,39-41,47-48H,1,8,12-16,19,22-26,29-30H2,2-6H3. The summed E-state index contributed by atoms with van der Waals surface area (Å²) in [5, 5.41) is 24.4. The van der Waals surface area contributed by atoms with Crippen LogP contribution in [-0.4, -0.2) is 91.2 Å². The van der Waals surface area contributed by atoms with Gasteiger partial charge in [-0.3, -0.25) is 0 Å². The highest BCUT2D eigenvalue weighted by Gasteiger charge is 2.65. The molecule has 1 fully saturated rings. The lowest BCUT2D eigenvalue weighted by molar-refractivity contribution is -0.253. The van der Waals surface area contributed by atoms with E-state index in [1.165, 1.54) is 4.90 Å². The largest absolute Gasteiger partial charge is 0.493 e. The van der Waals surface area contributed by atoms with E-state index < -0.39 is 17.9 Å². The number of fused-ring (bicyclic) bond motifs is 2. The summed E-state index contributed by atoms with van der Waals surface area (Å²) in [6.07, 6.45) is 8.77. The Balaban J connectivity index is 1.64. The van der Waals surface area contributed by atoms with Crippen molar-refractivity contribution >= 4 is 23.6 Å². The molecule has 1 aliphatic heterocycles. The number of hydrogen-bond donors (Lipinski definition) is 2. The lowest BCUT2D eigenvalue weighted by Crippen LogP contribution is -2.69. The average molecular weight is 779 g/mol. The van der Waals surface area contributed by atoms with Crippen molar-refractivity contribution in [2.24, 2.45) is 28.3 Å². The number of aliphatic hydroxyl groups is 2. The predicted octanol–water partition coefficient (Wildman–Crippen LogP) is 8.63. The number of carbonyl (C=O) groups is 1. The van der Waals surface area contributed by atoms with Gasteiger partial charge in [0, 0.05) is 48.8 Å². The molecule has 2 aromatic carbocycles. The normalized spacial score (nSPS) is 24.9. The van der Waals surface area contributed by atoms with E-state index in [-0.39, 0.29) is 55.5 Å². The van der Waals surface area contributed by atoms with Gasteiger partial charge in [-0.25, -0.2) is 4.79 Å². The van der Waals surface area contributed by atoms with Gasteiger partial charge in [0.1, 0.15) is 24.1 Å². The maximum atomic E-state index is 13.9. The summed E-state index contributed by atoms with van der Waals surface area (Å²) in [6.45, 7) is 13.6. The first-order valence-corrected chi connectivity index (χ1v) is 21.0. The highest BCUT2D eigenvalue weighted by molar-refractivity contribution is 7.99. The van der Waals surface area contributed by atoms with Gasteiger partial charge in [-0.1, -0.05) is 69.1 Å². The Hall–Kier alpha value is -3.51. The minimum Gasteiger partial charge on any atom is -0.493 e. The summed E-state index contributed by atoms with van der Waals surface area (Å²) >= 11 is 1.76. The number of allylic oxidation sites excluding steroid dienone is 1. The van der Waals surface area contributed by atoms with E-state index >= 15 is 0 Å². The number of benzene rings is 2. The lowest BCUT2D eigenvalue weighted by atomic mass is 9.55. The molecule has 11 heteroatoms. The van der Waals surface area contributed by atoms with Gasteiger partial charge in [0.2, 0.25) is 5.79 Å². The Bertz CT molecular complexity index is 1610. The second-order valence-electron chi connectivity index (χ2n) is 15.9. The number of thioether (sulfide) groups is 1. The molecule has 1 saturated carbocycles. The number of amides is 1. The minimum atomic E-state index is -1.32. The molecule has 10 nitrogen and oxygen atoms in total. The van der Waals surface area contributed by atoms with Gasteiger partial charge >= 0.3 is 6.09 Å². The van der Waals surface area contributed by atoms with Crippen LogP contribution in [0.5, 0.6) is 11.5 Å². The summed E-state index contributed by atoms with van der Waals surface area (Å²) in [5.74, 6) is 0.689. The van der Waals surface area contributed by atoms with E-state index in [1.807, 2.05) is 58.0 Å². The molecule has 0 saturated heterocycles. The van der Waals surface area contributed by atoms with Crippen molar-refractivity contribution in [2.45, 2.75) is 95.3 Å². The Labute approximate surface area is 332 Å². The number of hydrogen-bond acceptors (Lipinski definition) is 10. The van der Waals surface area contributed by atoms with Crippen molar-refractivity contribution in [1.29, 1.82) is 0 Å². The van der Waals surface area contributed by atoms with Crippen LogP contribution in [0.2, 0.25) is 0 Å². The first-order chi connectivity index (χ1) is 26.6. The van der Waals surface area contributed by atoms with Gasteiger partial charge in [-0.05, 0) is 85.8 Å². The number of nitrogens with zero attached hydrogens (tertiary/aromatic N) is 2. The first kappa shape index (κ1) is 42.6. The van der Waals surface area contributed by atoms with Crippen molar-refractivity contribution in [3.8, 4) is 11.5 Å². The quantitative estimate of drug-likeness (QED) is 0.0590. The number of oxime groups is 1. The summed E-state index contributed by atoms with van der Waals surface area (Å²) in [7, 11) is 1.75. The third kappa shape index (κ3) is 10.5. The smallest absolute Gasteiger partial charge is 0.410 e. The second-order valence-corrected chi connectivity index (χ2v) is 17.1. The minimum absolute atomic E-state index is 0.122. The van der Waals surface area contributed by atoms with Gasteiger partial charge in [-0.2, -0.15) is 0 Å². The number of ether oxygens (including phenoxy) is 4. The molecule has 2 aromatic rings. The van der Waals surface area contributed by atoms with Crippen molar-refractivity contribution in [3.05, 3.63) is 78.4 Å². The molecule has 1 heterocycles. The number of likely N-dealkylation sites (N-methyl/N-ethyl adjacent to an activating group) is 1. The summed E-state index contributed by atoms with van der Waals surface area (Å²) < 4.78 is 26.4. The number of unbranched alkanes of at least 4 members (excludes halogenated alkanes) is 2. The Kier molecular flexibility index (Phi) is 15.6. The van der Waals surface area contributed by atoms with Crippen LogP contribution >= 0.6 is 11.8 Å². The fourth-order valence-electron chi connectivity index (χ4n) is 8.30. The molecule has 55 heavy (non-hydrogen) atoms. The molecule has 0 radical (unpaired) electrons. The Morgan fingerprint density at radius 1 is 1.09 bits per heavy atom. The van der Waals surface area contributed by atoms with E-state index in [4.69, 9.17) is 28.9 Å². The fourth-order valence-corrected chi connectivity index (χ4v) is 9.06. The van der Waals surface area contributed by atoms with Crippen LogP contribution in [0.4, 0.5) is 4.79 Å². The molecule has 1 amide bonds. The van der Waals surface area contributed by atoms with Crippen LogP contribution < -0.4 is 9.47 Å². The second kappa shape index (κ2) is 20.1. The molecule has 2 N–H and O–H groups in total. The highest BCUT2D eigenvalue weighted by Crippen LogP contribution is 2.61. The molecule has 3 aliphatic rings. The Morgan fingerprint density at radius 2 is 1.84 bits per heavy atom. The molecular formula is C44H62N2O8S. The average Bonchev–Trinajstić information content (AvgIpc) is 3.18. The molecule has 302 valence electrons. The number of rotatable bonds is 20.